The van der Waals surface area contributed by atoms with Gasteiger partial charge in [0, 0.05) is 6.54 Å². The van der Waals surface area contributed by atoms with Crippen molar-refractivity contribution in [3.05, 3.63) is 65.7 Å². The number of thioether (sulfide) groups is 1. The topological polar surface area (TPSA) is 102 Å². The van der Waals surface area contributed by atoms with Gasteiger partial charge in [-0.1, -0.05) is 67.1 Å². The van der Waals surface area contributed by atoms with Gasteiger partial charge in [0.05, 0.1) is 23.0 Å². The number of benzene rings is 2. The zero-order valence-corrected chi connectivity index (χ0v) is 18.6. The van der Waals surface area contributed by atoms with E-state index in [1.165, 1.54) is 24.6 Å². The molecule has 1 aliphatic carbocycles. The van der Waals surface area contributed by atoms with Crippen LogP contribution in [0.3, 0.4) is 0 Å². The molecule has 0 aliphatic heterocycles. The molecule has 0 spiro atoms. The molecule has 3 aromatic rings. The van der Waals surface area contributed by atoms with Gasteiger partial charge in [-0.3, -0.25) is 9.59 Å². The fourth-order valence-corrected chi connectivity index (χ4v) is 4.57. The van der Waals surface area contributed by atoms with Crippen LogP contribution in [-0.2, 0) is 11.2 Å². The number of tetrazole rings is 1. The van der Waals surface area contributed by atoms with E-state index in [1.54, 1.807) is 24.3 Å². The maximum absolute atomic E-state index is 12.7. The Balaban J connectivity index is 1.31. The predicted octanol–water partition coefficient (Wildman–Crippen LogP) is 3.49. The average molecular weight is 451 g/mol. The van der Waals surface area contributed by atoms with Crippen molar-refractivity contribution in [2.45, 2.75) is 43.3 Å². The minimum Gasteiger partial charge on any atom is -0.352 e. The lowest BCUT2D eigenvalue weighted by Crippen LogP contribution is -2.27. The van der Waals surface area contributed by atoms with Gasteiger partial charge in [0.1, 0.15) is 0 Å². The summed E-state index contributed by atoms with van der Waals surface area (Å²) >= 11 is 1.31. The van der Waals surface area contributed by atoms with Crippen molar-refractivity contribution < 1.29 is 9.59 Å². The van der Waals surface area contributed by atoms with Gasteiger partial charge >= 0.3 is 0 Å². The Kier molecular flexibility index (Phi) is 7.50. The summed E-state index contributed by atoms with van der Waals surface area (Å²) in [6.45, 7) is 0.519. The summed E-state index contributed by atoms with van der Waals surface area (Å²) in [7, 11) is 0. The number of anilines is 1. The highest BCUT2D eigenvalue weighted by Crippen LogP contribution is 2.31. The van der Waals surface area contributed by atoms with E-state index in [4.69, 9.17) is 0 Å². The number of hydrogen-bond acceptors (Lipinski definition) is 6. The molecule has 4 rings (SSSR count). The molecule has 1 saturated carbocycles. The highest BCUT2D eigenvalue weighted by Gasteiger charge is 2.22. The van der Waals surface area contributed by atoms with Crippen molar-refractivity contribution in [3.8, 4) is 0 Å². The number of nitrogens with zero attached hydrogens (tertiary/aromatic N) is 4. The first-order valence-electron chi connectivity index (χ1n) is 10.8. The second-order valence-corrected chi connectivity index (χ2v) is 8.66. The van der Waals surface area contributed by atoms with Crippen LogP contribution in [-0.4, -0.2) is 44.3 Å². The first-order valence-corrected chi connectivity index (χ1v) is 11.8. The third kappa shape index (κ3) is 5.73. The zero-order chi connectivity index (χ0) is 22.2. The van der Waals surface area contributed by atoms with E-state index in [-0.39, 0.29) is 17.6 Å². The molecule has 8 nitrogen and oxygen atoms in total. The molecule has 166 valence electrons. The maximum Gasteiger partial charge on any atom is 0.253 e. The predicted molar refractivity (Wildman–Crippen MR) is 124 cm³/mol. The molecule has 2 amide bonds. The highest BCUT2D eigenvalue weighted by atomic mass is 32.2. The Morgan fingerprint density at radius 2 is 1.78 bits per heavy atom. The number of rotatable bonds is 9. The fraction of sp³-hybridized carbons (Fsp3) is 0.348. The van der Waals surface area contributed by atoms with E-state index in [0.29, 0.717) is 29.0 Å². The third-order valence-corrected chi connectivity index (χ3v) is 6.39. The molecule has 0 radical (unpaired) electrons. The number of carbonyl (C=O) groups is 2. The molecular formula is C23H26N6O2S. The van der Waals surface area contributed by atoms with E-state index < -0.39 is 0 Å². The summed E-state index contributed by atoms with van der Waals surface area (Å²) in [4.78, 5) is 25.2. The van der Waals surface area contributed by atoms with E-state index in [9.17, 15) is 9.59 Å². The van der Waals surface area contributed by atoms with Gasteiger partial charge in [-0.25, -0.2) is 4.68 Å². The number of aromatic nitrogens is 4. The average Bonchev–Trinajstić information content (AvgIpc) is 3.50. The Labute approximate surface area is 191 Å². The zero-order valence-electron chi connectivity index (χ0n) is 17.7. The number of para-hydroxylation sites is 1. The van der Waals surface area contributed by atoms with Crippen LogP contribution in [0.4, 0.5) is 5.69 Å². The van der Waals surface area contributed by atoms with Gasteiger partial charge in [0.15, 0.2) is 0 Å². The van der Waals surface area contributed by atoms with E-state index in [2.05, 4.69) is 26.2 Å². The summed E-state index contributed by atoms with van der Waals surface area (Å²) in [5.41, 5.74) is 2.09. The Morgan fingerprint density at radius 3 is 2.59 bits per heavy atom. The molecule has 2 N–H and O–H groups in total. The largest absolute Gasteiger partial charge is 0.352 e. The van der Waals surface area contributed by atoms with Gasteiger partial charge in [-0.15, -0.1) is 5.10 Å². The van der Waals surface area contributed by atoms with E-state index in [0.717, 1.165) is 24.8 Å². The van der Waals surface area contributed by atoms with Crippen LogP contribution < -0.4 is 10.6 Å². The van der Waals surface area contributed by atoms with Gasteiger partial charge in [-0.2, -0.15) is 0 Å². The van der Waals surface area contributed by atoms with Crippen molar-refractivity contribution in [1.29, 1.82) is 0 Å². The molecule has 0 saturated heterocycles. The fourth-order valence-electron chi connectivity index (χ4n) is 3.83. The van der Waals surface area contributed by atoms with Crippen LogP contribution >= 0.6 is 11.8 Å². The second-order valence-electron chi connectivity index (χ2n) is 7.72. The van der Waals surface area contributed by atoms with Crippen molar-refractivity contribution in [2.75, 3.05) is 17.6 Å². The van der Waals surface area contributed by atoms with Gasteiger partial charge in [0.25, 0.3) is 5.91 Å². The quantitative estimate of drug-likeness (QED) is 0.484. The Bertz CT molecular complexity index is 1050. The molecule has 2 aromatic carbocycles. The molecule has 0 atom stereocenters. The van der Waals surface area contributed by atoms with Crippen molar-refractivity contribution in [1.82, 2.24) is 25.5 Å². The lowest BCUT2D eigenvalue weighted by molar-refractivity contribution is -0.113. The molecule has 0 bridgehead atoms. The number of carbonyl (C=O) groups excluding carboxylic acids is 2. The number of amides is 2. The Hall–Kier alpha value is -3.20. The smallest absolute Gasteiger partial charge is 0.253 e. The molecule has 1 aromatic heterocycles. The standard InChI is InChI=1S/C23H26N6O2S/c30-21(16-32-23-26-27-28-29(23)18-10-4-5-11-18)25-20-13-7-6-12-19(20)22(31)24-15-14-17-8-2-1-3-9-17/h1-3,6-9,12-13,18H,4-5,10-11,14-16H2,(H,24,31)(H,25,30). The second kappa shape index (κ2) is 10.9. The van der Waals surface area contributed by atoms with Crippen LogP contribution in [0.1, 0.15) is 47.6 Å². The molecule has 32 heavy (non-hydrogen) atoms. The number of nitrogens with one attached hydrogen (secondary N) is 2. The van der Waals surface area contributed by atoms with Crippen LogP contribution in [0.15, 0.2) is 59.8 Å². The maximum atomic E-state index is 12.7. The van der Waals surface area contributed by atoms with Gasteiger partial charge in [-0.05, 0) is 47.4 Å². The SMILES string of the molecule is O=C(CSc1nnnn1C1CCCC1)Nc1ccccc1C(=O)NCCc1ccccc1. The summed E-state index contributed by atoms with van der Waals surface area (Å²) in [6.07, 6.45) is 5.24. The van der Waals surface area contributed by atoms with Crippen LogP contribution in [0.25, 0.3) is 0 Å². The third-order valence-electron chi connectivity index (χ3n) is 5.45. The lowest BCUT2D eigenvalue weighted by Gasteiger charge is -2.12. The summed E-state index contributed by atoms with van der Waals surface area (Å²) in [5, 5.41) is 18.4. The molecule has 0 unspecified atom stereocenters. The first kappa shape index (κ1) is 22.0. The normalized spacial score (nSPS) is 13.8. The van der Waals surface area contributed by atoms with Crippen LogP contribution in [0.5, 0.6) is 0 Å². The van der Waals surface area contributed by atoms with Crippen LogP contribution in [0, 0.1) is 0 Å². The lowest BCUT2D eigenvalue weighted by atomic mass is 10.1. The Morgan fingerprint density at radius 1 is 1.03 bits per heavy atom. The van der Waals surface area contributed by atoms with E-state index in [1.807, 2.05) is 35.0 Å². The molecule has 1 fully saturated rings. The molecular weight excluding hydrogens is 424 g/mol. The van der Waals surface area contributed by atoms with Crippen molar-refractivity contribution >= 4 is 29.3 Å². The molecule has 1 heterocycles. The highest BCUT2D eigenvalue weighted by molar-refractivity contribution is 7.99. The van der Waals surface area contributed by atoms with Crippen molar-refractivity contribution in [2.24, 2.45) is 0 Å². The minimum atomic E-state index is -0.213. The molecule has 1 aliphatic rings. The summed E-state index contributed by atoms with van der Waals surface area (Å²) in [6, 6.07) is 17.3. The molecule has 9 heteroatoms. The summed E-state index contributed by atoms with van der Waals surface area (Å²) < 4.78 is 1.83. The van der Waals surface area contributed by atoms with Gasteiger partial charge < -0.3 is 10.6 Å². The first-order chi connectivity index (χ1) is 15.7. The van der Waals surface area contributed by atoms with Crippen molar-refractivity contribution in [3.63, 3.8) is 0 Å². The van der Waals surface area contributed by atoms with E-state index >= 15 is 0 Å². The summed E-state index contributed by atoms with van der Waals surface area (Å²) in [5.74, 6) is -0.257. The minimum absolute atomic E-state index is 0.164. The monoisotopic (exact) mass is 450 g/mol. The van der Waals surface area contributed by atoms with Gasteiger partial charge in [0.2, 0.25) is 11.1 Å². The van der Waals surface area contributed by atoms with Crippen LogP contribution in [0.2, 0.25) is 0 Å². The number of hydrogen-bond donors (Lipinski definition) is 2.